The third-order valence-electron chi connectivity index (χ3n) is 4.47. The van der Waals surface area contributed by atoms with Crippen molar-refractivity contribution in [3.63, 3.8) is 0 Å². The second kappa shape index (κ2) is 8.59. The van der Waals surface area contributed by atoms with Crippen molar-refractivity contribution >= 4 is 63.1 Å². The van der Waals surface area contributed by atoms with Gasteiger partial charge in [-0.3, -0.25) is 14.4 Å². The summed E-state index contributed by atoms with van der Waals surface area (Å²) in [6, 6.07) is -0.939. The molecule has 154 valence electrons. The van der Waals surface area contributed by atoms with E-state index in [0.29, 0.717) is 5.69 Å². The van der Waals surface area contributed by atoms with Gasteiger partial charge >= 0.3 is 5.97 Å². The highest BCUT2D eigenvalue weighted by Gasteiger charge is 2.56. The summed E-state index contributed by atoms with van der Waals surface area (Å²) in [4.78, 5) is 48.7. The summed E-state index contributed by atoms with van der Waals surface area (Å²) in [5, 5.41) is 29.1. The summed E-state index contributed by atoms with van der Waals surface area (Å²) in [5.74, 6) is -2.92. The molecule has 0 saturated carbocycles. The molecule has 0 radical (unpaired) electrons. The molecule has 1 aromatic rings. The number of hydrogen-bond acceptors (Lipinski definition) is 10. The number of alkyl halides is 1. The Morgan fingerprint density at radius 2 is 2.24 bits per heavy atom. The number of aliphatic carboxylic acids is 1. The lowest BCUT2D eigenvalue weighted by molar-refractivity contribution is -0.156. The van der Waals surface area contributed by atoms with E-state index < -0.39 is 46.1 Å². The van der Waals surface area contributed by atoms with Crippen LogP contribution in [0.25, 0.3) is 6.08 Å². The number of nitrogens with zero attached hydrogens (tertiary/aromatic N) is 4. The van der Waals surface area contributed by atoms with Gasteiger partial charge in [0.15, 0.2) is 0 Å². The lowest BCUT2D eigenvalue weighted by atomic mass is 9.86. The quantitative estimate of drug-likeness (QED) is 0.161. The number of rotatable bonds is 7. The first-order valence-corrected chi connectivity index (χ1v) is 11.1. The molecule has 0 spiro atoms. The van der Waals surface area contributed by atoms with Crippen molar-refractivity contribution in [3.8, 4) is 0 Å². The van der Waals surface area contributed by atoms with Crippen LogP contribution in [0.2, 0.25) is 0 Å². The summed E-state index contributed by atoms with van der Waals surface area (Å²) >= 11 is 5.24. The molecule has 0 aromatic carbocycles. The highest BCUT2D eigenvalue weighted by Crippen LogP contribution is 2.43. The Labute approximate surface area is 180 Å². The third kappa shape index (κ3) is 4.04. The number of carbonyl (C=O) groups is 3. The summed E-state index contributed by atoms with van der Waals surface area (Å²) in [6.45, 7) is -0.0689. The fraction of sp³-hybridized carbons (Fsp3) is 0.400. The molecule has 2 unspecified atom stereocenters. The van der Waals surface area contributed by atoms with Crippen molar-refractivity contribution in [2.24, 2.45) is 10.6 Å². The Hall–Kier alpha value is -2.32. The first-order chi connectivity index (χ1) is 13.8. The lowest BCUT2D eigenvalue weighted by Gasteiger charge is -2.53. The molecule has 2 saturated heterocycles. The number of halogens is 1. The highest BCUT2D eigenvalue weighted by molar-refractivity contribution is 9.09. The summed E-state index contributed by atoms with van der Waals surface area (Å²) in [6.07, 6.45) is 3.05. The number of thioether (sulfide) groups is 1. The molecule has 29 heavy (non-hydrogen) atoms. The highest BCUT2D eigenvalue weighted by atomic mass is 79.9. The van der Waals surface area contributed by atoms with E-state index in [1.807, 2.05) is 0 Å². The number of fused-ring (bicyclic) bond motifs is 1. The molecule has 2 aliphatic rings. The van der Waals surface area contributed by atoms with Crippen LogP contribution in [0, 0.1) is 10.3 Å². The second-order valence-electron chi connectivity index (χ2n) is 6.26. The fourth-order valence-corrected chi connectivity index (χ4v) is 5.09. The standard InChI is InChI=1S/C15H14BrN5O6S2/c16-3-8(22)9(19-27)11(23)17-10-12(24)21-5-15(14(25)26,6-28-13(10)21)2-1-7-4-29-20-18-7/h1-2,4,10,13,22H,3,5-6H2,(H,17,23)(H,25,26)/t10?,13-,15?/m1/s1. The van der Waals surface area contributed by atoms with Gasteiger partial charge < -0.3 is 20.4 Å². The molecule has 0 aliphatic carbocycles. The molecule has 3 heterocycles. The molecular formula is C15H14BrN5O6S2. The smallest absolute Gasteiger partial charge is 0.316 e. The van der Waals surface area contributed by atoms with E-state index >= 15 is 0 Å². The number of aliphatic hydroxyl groups excluding tert-OH is 1. The zero-order valence-corrected chi connectivity index (χ0v) is 17.7. The van der Waals surface area contributed by atoms with E-state index in [1.54, 1.807) is 11.5 Å². The van der Waals surface area contributed by atoms with Crippen molar-refractivity contribution in [1.29, 1.82) is 0 Å². The molecule has 2 aliphatic heterocycles. The normalized spacial score (nSPS) is 27.1. The number of allylic oxidation sites excluding steroid dienone is 1. The molecule has 1 aromatic heterocycles. The number of aromatic nitrogens is 2. The molecular weight excluding hydrogens is 490 g/mol. The Morgan fingerprint density at radius 1 is 1.48 bits per heavy atom. The van der Waals surface area contributed by atoms with Gasteiger partial charge in [0.25, 0.3) is 5.91 Å². The number of nitroso groups, excluding NO2 is 1. The van der Waals surface area contributed by atoms with E-state index in [0.717, 1.165) is 11.5 Å². The average molecular weight is 504 g/mol. The number of nitrogens with one attached hydrogen (secondary N) is 1. The maximum Gasteiger partial charge on any atom is 0.316 e. The van der Waals surface area contributed by atoms with Gasteiger partial charge in [-0.2, -0.15) is 0 Å². The predicted octanol–water partition coefficient (Wildman–Crippen LogP) is 0.953. The maximum absolute atomic E-state index is 12.5. The van der Waals surface area contributed by atoms with Gasteiger partial charge in [-0.05, 0) is 22.8 Å². The average Bonchev–Trinajstić information content (AvgIpc) is 3.24. The summed E-state index contributed by atoms with van der Waals surface area (Å²) < 4.78 is 3.71. The van der Waals surface area contributed by atoms with E-state index in [1.165, 1.54) is 22.7 Å². The summed E-state index contributed by atoms with van der Waals surface area (Å²) in [5.41, 5.74) is -1.50. The predicted molar refractivity (Wildman–Crippen MR) is 108 cm³/mol. The molecule has 14 heteroatoms. The molecule has 3 atom stereocenters. The van der Waals surface area contributed by atoms with Crippen LogP contribution in [0.4, 0.5) is 0 Å². The van der Waals surface area contributed by atoms with Gasteiger partial charge in [-0.15, -0.1) is 21.8 Å². The minimum atomic E-state index is -1.31. The van der Waals surface area contributed by atoms with Crippen LogP contribution in [0.1, 0.15) is 5.69 Å². The number of aliphatic hydroxyl groups is 1. The maximum atomic E-state index is 12.5. The molecule has 0 bridgehead atoms. The third-order valence-corrected chi connectivity index (χ3v) is 7.08. The van der Waals surface area contributed by atoms with Crippen LogP contribution >= 0.6 is 39.2 Å². The van der Waals surface area contributed by atoms with Crippen molar-refractivity contribution in [1.82, 2.24) is 19.8 Å². The number of amides is 2. The van der Waals surface area contributed by atoms with E-state index in [-0.39, 0.29) is 17.6 Å². The Kier molecular flexibility index (Phi) is 6.33. The van der Waals surface area contributed by atoms with Crippen molar-refractivity contribution < 1.29 is 24.6 Å². The molecule has 3 rings (SSSR count). The minimum absolute atomic E-state index is 0.0689. The van der Waals surface area contributed by atoms with Gasteiger partial charge in [-0.25, -0.2) is 0 Å². The van der Waals surface area contributed by atoms with Crippen LogP contribution < -0.4 is 5.32 Å². The Morgan fingerprint density at radius 3 is 2.83 bits per heavy atom. The zero-order chi connectivity index (χ0) is 21.2. The number of carbonyl (C=O) groups excluding carboxylic acids is 2. The van der Waals surface area contributed by atoms with Crippen LogP contribution in [0.3, 0.4) is 0 Å². The van der Waals surface area contributed by atoms with Gasteiger partial charge in [0, 0.05) is 17.7 Å². The van der Waals surface area contributed by atoms with E-state index in [4.69, 9.17) is 0 Å². The van der Waals surface area contributed by atoms with Gasteiger partial charge in [0.05, 0.1) is 11.0 Å². The van der Waals surface area contributed by atoms with Crippen molar-refractivity contribution in [2.75, 3.05) is 17.6 Å². The number of carboxylic acids is 1. The Balaban J connectivity index is 1.72. The monoisotopic (exact) mass is 503 g/mol. The minimum Gasteiger partial charge on any atom is -0.509 e. The number of β-lactam (4-membered cyclic amide) rings is 1. The topological polar surface area (TPSA) is 162 Å². The molecule has 2 fully saturated rings. The number of carboxylic acid groups (broad SMARTS) is 1. The fourth-order valence-electron chi connectivity index (χ4n) is 2.88. The second-order valence-corrected chi connectivity index (χ2v) is 8.54. The Bertz CT molecular complexity index is 907. The van der Waals surface area contributed by atoms with Gasteiger partial charge in [0.2, 0.25) is 11.6 Å². The van der Waals surface area contributed by atoms with Gasteiger partial charge in [-0.1, -0.05) is 26.5 Å². The molecule has 2 amide bonds. The van der Waals surface area contributed by atoms with Crippen LogP contribution in [0.5, 0.6) is 0 Å². The molecule has 11 nitrogen and oxygen atoms in total. The zero-order valence-electron chi connectivity index (χ0n) is 14.5. The van der Waals surface area contributed by atoms with E-state index in [9.17, 15) is 29.5 Å². The summed E-state index contributed by atoms with van der Waals surface area (Å²) in [7, 11) is 0. The van der Waals surface area contributed by atoms with Crippen LogP contribution in [-0.2, 0) is 14.4 Å². The van der Waals surface area contributed by atoms with Crippen molar-refractivity contribution in [3.05, 3.63) is 33.5 Å². The first-order valence-electron chi connectivity index (χ1n) is 8.07. The molecule has 3 N–H and O–H groups in total. The van der Waals surface area contributed by atoms with Gasteiger partial charge in [0.1, 0.15) is 22.6 Å². The lowest BCUT2D eigenvalue weighted by Crippen LogP contribution is -2.73. The van der Waals surface area contributed by atoms with E-state index in [2.05, 4.69) is 36.0 Å². The number of hydrogen-bond donors (Lipinski definition) is 3. The SMILES string of the molecule is O=NC(C(=O)NC1C(=O)N2CC(C=Cc3csnn3)(C(=O)O)CS[C@H]12)=C(O)CBr. The van der Waals surface area contributed by atoms with Crippen LogP contribution in [-0.4, -0.2) is 71.5 Å². The van der Waals surface area contributed by atoms with Crippen LogP contribution in [0.15, 0.2) is 28.1 Å². The largest absolute Gasteiger partial charge is 0.509 e. The van der Waals surface area contributed by atoms with Crippen molar-refractivity contribution in [2.45, 2.75) is 11.4 Å². The first kappa shape index (κ1) is 21.4.